The fraction of sp³-hybridized carbons (Fsp3) is 0.333. The average Bonchev–Trinajstić information content (AvgIpc) is 2.66. The molecule has 0 radical (unpaired) electrons. The molecule has 5 heteroatoms. The highest BCUT2D eigenvalue weighted by Gasteiger charge is 2.38. The van der Waals surface area contributed by atoms with Gasteiger partial charge in [-0.3, -0.25) is 9.59 Å². The first-order chi connectivity index (χ1) is 9.40. The van der Waals surface area contributed by atoms with Crippen LogP contribution in [-0.4, -0.2) is 27.9 Å². The largest absolute Gasteiger partial charge is 0.511 e. The number of rotatable bonds is 3. The summed E-state index contributed by atoms with van der Waals surface area (Å²) in [6.07, 6.45) is 0.333. The second-order valence-electron chi connectivity index (χ2n) is 5.18. The van der Waals surface area contributed by atoms with E-state index in [4.69, 9.17) is 0 Å². The lowest BCUT2D eigenvalue weighted by molar-refractivity contribution is -0.117. The van der Waals surface area contributed by atoms with Gasteiger partial charge in [-0.05, 0) is 17.7 Å². The Labute approximate surface area is 116 Å². The summed E-state index contributed by atoms with van der Waals surface area (Å²) in [5, 5.41) is 21.6. The third-order valence-electron chi connectivity index (χ3n) is 3.27. The zero-order chi connectivity index (χ0) is 14.9. The lowest BCUT2D eigenvalue weighted by Gasteiger charge is -2.08. The summed E-state index contributed by atoms with van der Waals surface area (Å²) in [5.74, 6) is -1.19. The molecule has 20 heavy (non-hydrogen) atoms. The molecule has 1 aromatic rings. The van der Waals surface area contributed by atoms with E-state index in [1.165, 1.54) is 12.1 Å². The summed E-state index contributed by atoms with van der Waals surface area (Å²) in [7, 11) is 0. The molecule has 1 amide bonds. The maximum Gasteiger partial charge on any atom is 0.259 e. The van der Waals surface area contributed by atoms with Crippen molar-refractivity contribution in [3.8, 4) is 5.75 Å². The van der Waals surface area contributed by atoms with E-state index in [-0.39, 0.29) is 28.8 Å². The number of phenols is 1. The van der Waals surface area contributed by atoms with E-state index in [0.717, 1.165) is 5.56 Å². The Morgan fingerprint density at radius 2 is 1.85 bits per heavy atom. The Morgan fingerprint density at radius 3 is 2.40 bits per heavy atom. The van der Waals surface area contributed by atoms with Crippen LogP contribution < -0.4 is 5.32 Å². The molecule has 1 aromatic carbocycles. The molecule has 0 aromatic heterocycles. The van der Waals surface area contributed by atoms with Crippen molar-refractivity contribution in [2.75, 3.05) is 0 Å². The number of carbonyl (C=O) groups excluding carboxylic acids is 2. The minimum atomic E-state index is -0.664. The monoisotopic (exact) mass is 275 g/mol. The first-order valence-corrected chi connectivity index (χ1v) is 6.46. The minimum Gasteiger partial charge on any atom is -0.511 e. The third kappa shape index (κ3) is 2.66. The van der Waals surface area contributed by atoms with E-state index in [1.807, 2.05) is 0 Å². The highest BCUT2D eigenvalue weighted by molar-refractivity contribution is 6.26. The average molecular weight is 275 g/mol. The van der Waals surface area contributed by atoms with Crippen molar-refractivity contribution in [1.82, 2.24) is 5.32 Å². The van der Waals surface area contributed by atoms with Crippen LogP contribution in [0.2, 0.25) is 0 Å². The maximum absolute atomic E-state index is 12.2. The smallest absolute Gasteiger partial charge is 0.259 e. The van der Waals surface area contributed by atoms with Gasteiger partial charge in [0.1, 0.15) is 17.1 Å². The van der Waals surface area contributed by atoms with Crippen molar-refractivity contribution in [1.29, 1.82) is 0 Å². The Bertz CT molecular complexity index is 572. The number of carbonyl (C=O) groups is 2. The van der Waals surface area contributed by atoms with Gasteiger partial charge in [0.05, 0.1) is 6.04 Å². The number of ketones is 1. The van der Waals surface area contributed by atoms with Crippen molar-refractivity contribution in [3.05, 3.63) is 41.2 Å². The van der Waals surface area contributed by atoms with Gasteiger partial charge in [0, 0.05) is 12.3 Å². The number of Topliss-reactive ketones (excluding diaryl/α,β-unsaturated/α-hetero) is 1. The van der Waals surface area contributed by atoms with E-state index in [0.29, 0.717) is 6.42 Å². The zero-order valence-electron chi connectivity index (χ0n) is 11.4. The van der Waals surface area contributed by atoms with Gasteiger partial charge in [0.15, 0.2) is 5.78 Å². The van der Waals surface area contributed by atoms with Gasteiger partial charge in [0.2, 0.25) is 0 Å². The van der Waals surface area contributed by atoms with Gasteiger partial charge in [-0.1, -0.05) is 26.0 Å². The number of aliphatic hydroxyl groups is 1. The van der Waals surface area contributed by atoms with Gasteiger partial charge in [-0.2, -0.15) is 0 Å². The number of phenolic OH excluding ortho intramolecular Hbond substituents is 1. The Kier molecular flexibility index (Phi) is 3.79. The van der Waals surface area contributed by atoms with E-state index in [9.17, 15) is 19.8 Å². The highest BCUT2D eigenvalue weighted by Crippen LogP contribution is 2.21. The molecular weight excluding hydrogens is 258 g/mol. The minimum absolute atomic E-state index is 0.135. The van der Waals surface area contributed by atoms with Gasteiger partial charge < -0.3 is 15.5 Å². The van der Waals surface area contributed by atoms with Gasteiger partial charge >= 0.3 is 0 Å². The predicted octanol–water partition coefficient (Wildman–Crippen LogP) is 1.47. The molecule has 0 unspecified atom stereocenters. The molecule has 0 bridgehead atoms. The summed E-state index contributed by atoms with van der Waals surface area (Å²) >= 11 is 0. The Hall–Kier alpha value is -2.30. The first-order valence-electron chi connectivity index (χ1n) is 6.46. The molecular formula is C15H17NO4. The molecule has 0 saturated carbocycles. The van der Waals surface area contributed by atoms with Crippen molar-refractivity contribution in [2.24, 2.45) is 5.92 Å². The lowest BCUT2D eigenvalue weighted by Crippen LogP contribution is -2.31. The quantitative estimate of drug-likeness (QED) is 0.443. The van der Waals surface area contributed by atoms with E-state index < -0.39 is 11.9 Å². The molecule has 0 spiro atoms. The van der Waals surface area contributed by atoms with Crippen LogP contribution in [-0.2, 0) is 16.0 Å². The van der Waals surface area contributed by atoms with Crippen LogP contribution in [0.15, 0.2) is 35.6 Å². The maximum atomic E-state index is 12.2. The van der Waals surface area contributed by atoms with Crippen LogP contribution >= 0.6 is 0 Å². The van der Waals surface area contributed by atoms with Crippen molar-refractivity contribution >= 4 is 11.7 Å². The number of aromatic hydroxyl groups is 1. The van der Waals surface area contributed by atoms with Gasteiger partial charge in [0.25, 0.3) is 5.91 Å². The first kappa shape index (κ1) is 14.1. The second-order valence-corrected chi connectivity index (χ2v) is 5.18. The number of hydrogen-bond donors (Lipinski definition) is 3. The van der Waals surface area contributed by atoms with E-state index >= 15 is 0 Å². The molecule has 3 N–H and O–H groups in total. The normalized spacial score (nSPS) is 21.2. The van der Waals surface area contributed by atoms with Crippen molar-refractivity contribution < 1.29 is 19.8 Å². The predicted molar refractivity (Wildman–Crippen MR) is 73.2 cm³/mol. The van der Waals surface area contributed by atoms with E-state index in [1.54, 1.807) is 26.0 Å². The van der Waals surface area contributed by atoms with Crippen LogP contribution in [0.3, 0.4) is 0 Å². The molecule has 106 valence electrons. The van der Waals surface area contributed by atoms with Crippen molar-refractivity contribution in [2.45, 2.75) is 26.3 Å². The van der Waals surface area contributed by atoms with Gasteiger partial charge in [-0.15, -0.1) is 0 Å². The van der Waals surface area contributed by atoms with Crippen LogP contribution in [0, 0.1) is 5.92 Å². The number of allylic oxidation sites excluding steroid dienone is 1. The summed E-state index contributed by atoms with van der Waals surface area (Å²) < 4.78 is 0. The molecule has 1 fully saturated rings. The topological polar surface area (TPSA) is 86.6 Å². The number of aliphatic hydroxyl groups excluding tert-OH is 1. The zero-order valence-corrected chi connectivity index (χ0v) is 11.4. The number of benzene rings is 1. The SMILES string of the molecule is CC(C)/C(O)=C1\C(=O)N[C@@H](Cc2ccc(O)cc2)C1=O. The van der Waals surface area contributed by atoms with Gasteiger partial charge in [-0.25, -0.2) is 0 Å². The summed E-state index contributed by atoms with van der Waals surface area (Å²) in [5.41, 5.74) is 0.690. The molecule has 1 heterocycles. The number of nitrogens with one attached hydrogen (secondary N) is 1. The number of amides is 1. The Morgan fingerprint density at radius 1 is 1.25 bits per heavy atom. The fourth-order valence-electron chi connectivity index (χ4n) is 2.12. The molecule has 2 rings (SSSR count). The summed E-state index contributed by atoms with van der Waals surface area (Å²) in [6, 6.07) is 5.78. The standard InChI is InChI=1S/C15H17NO4/c1-8(2)13(18)12-14(19)11(16-15(12)20)7-9-3-5-10(17)6-4-9/h3-6,8,11,17-18H,7H2,1-2H3,(H,16,20)/b13-12+/t11-/m0/s1. The molecule has 1 aliphatic heterocycles. The number of hydrogen-bond acceptors (Lipinski definition) is 4. The molecule has 5 nitrogen and oxygen atoms in total. The summed E-state index contributed by atoms with van der Waals surface area (Å²) in [6.45, 7) is 3.44. The molecule has 1 aliphatic rings. The lowest BCUT2D eigenvalue weighted by atomic mass is 9.98. The fourth-order valence-corrected chi connectivity index (χ4v) is 2.12. The van der Waals surface area contributed by atoms with Crippen LogP contribution in [0.25, 0.3) is 0 Å². The van der Waals surface area contributed by atoms with Crippen LogP contribution in [0.1, 0.15) is 19.4 Å². The summed E-state index contributed by atoms with van der Waals surface area (Å²) in [4.78, 5) is 24.0. The molecule has 0 aliphatic carbocycles. The van der Waals surface area contributed by atoms with E-state index in [2.05, 4.69) is 5.32 Å². The molecule has 1 atom stereocenters. The third-order valence-corrected chi connectivity index (χ3v) is 3.27. The highest BCUT2D eigenvalue weighted by atomic mass is 16.3. The molecule has 1 saturated heterocycles. The second kappa shape index (κ2) is 5.36. The van der Waals surface area contributed by atoms with Crippen molar-refractivity contribution in [3.63, 3.8) is 0 Å². The Balaban J connectivity index is 2.20. The van der Waals surface area contributed by atoms with Crippen LogP contribution in [0.5, 0.6) is 5.75 Å². The van der Waals surface area contributed by atoms with Crippen LogP contribution in [0.4, 0.5) is 0 Å².